The van der Waals surface area contributed by atoms with Crippen LogP contribution >= 0.6 is 0 Å². The number of para-hydroxylation sites is 1. The molecular formula is C21H24N2O5. The van der Waals surface area contributed by atoms with E-state index in [1.54, 1.807) is 19.2 Å². The average Bonchev–Trinajstić information content (AvgIpc) is 3.10. The molecule has 7 heteroatoms. The largest absolute Gasteiger partial charge is 0.493 e. The van der Waals surface area contributed by atoms with Crippen molar-refractivity contribution in [3.05, 3.63) is 48.2 Å². The Bertz CT molecular complexity index is 955. The topological polar surface area (TPSA) is 71.0 Å². The minimum Gasteiger partial charge on any atom is -0.493 e. The molecule has 0 saturated heterocycles. The number of anilines is 1. The number of rotatable bonds is 8. The van der Waals surface area contributed by atoms with Gasteiger partial charge in [-0.15, -0.1) is 0 Å². The number of methoxy groups -OCH3 is 4. The quantitative estimate of drug-likeness (QED) is 0.643. The van der Waals surface area contributed by atoms with Gasteiger partial charge >= 0.3 is 0 Å². The highest BCUT2D eigenvalue weighted by Crippen LogP contribution is 2.40. The van der Waals surface area contributed by atoms with E-state index in [9.17, 15) is 4.79 Å². The summed E-state index contributed by atoms with van der Waals surface area (Å²) in [4.78, 5) is 13.0. The van der Waals surface area contributed by atoms with E-state index in [0.29, 0.717) is 41.8 Å². The Morgan fingerprint density at radius 2 is 1.64 bits per heavy atom. The standard InChI is InChI=1S/C21H24N2O5/c1-25-10-9-23-16-8-6-5-7-14(16)11-17(23)21(24)22-15-12-18(26-2)20(28-4)19(13-15)27-3/h5-8,11-13H,9-10H2,1-4H3,(H,22,24). The summed E-state index contributed by atoms with van der Waals surface area (Å²) in [7, 11) is 6.24. The first-order valence-corrected chi connectivity index (χ1v) is 8.81. The van der Waals surface area contributed by atoms with Crippen molar-refractivity contribution in [2.75, 3.05) is 40.4 Å². The van der Waals surface area contributed by atoms with Crippen LogP contribution in [0.25, 0.3) is 10.9 Å². The number of aromatic nitrogens is 1. The number of amides is 1. The average molecular weight is 384 g/mol. The van der Waals surface area contributed by atoms with Crippen LogP contribution in [0.4, 0.5) is 5.69 Å². The Kier molecular flexibility index (Phi) is 6.06. The van der Waals surface area contributed by atoms with Crippen molar-refractivity contribution in [2.24, 2.45) is 0 Å². The fourth-order valence-corrected chi connectivity index (χ4v) is 3.17. The molecule has 0 atom stereocenters. The zero-order valence-corrected chi connectivity index (χ0v) is 16.4. The van der Waals surface area contributed by atoms with Crippen LogP contribution in [-0.4, -0.2) is 45.5 Å². The van der Waals surface area contributed by atoms with E-state index in [1.807, 2.05) is 34.9 Å². The molecule has 0 fully saturated rings. The Morgan fingerprint density at radius 3 is 2.25 bits per heavy atom. The van der Waals surface area contributed by atoms with Crippen molar-refractivity contribution in [2.45, 2.75) is 6.54 Å². The molecule has 0 bridgehead atoms. The second kappa shape index (κ2) is 8.67. The third-order valence-corrected chi connectivity index (χ3v) is 4.48. The predicted octanol–water partition coefficient (Wildman–Crippen LogP) is 3.57. The second-order valence-electron chi connectivity index (χ2n) is 6.10. The highest BCUT2D eigenvalue weighted by molar-refractivity contribution is 6.06. The molecule has 0 saturated carbocycles. The van der Waals surface area contributed by atoms with Gasteiger partial charge in [0.1, 0.15) is 5.69 Å². The molecule has 1 amide bonds. The number of fused-ring (bicyclic) bond motifs is 1. The smallest absolute Gasteiger partial charge is 0.272 e. The van der Waals surface area contributed by atoms with E-state index >= 15 is 0 Å². The van der Waals surface area contributed by atoms with Crippen molar-refractivity contribution < 1.29 is 23.7 Å². The van der Waals surface area contributed by atoms with Gasteiger partial charge in [-0.3, -0.25) is 4.79 Å². The number of nitrogens with one attached hydrogen (secondary N) is 1. The minimum atomic E-state index is -0.235. The predicted molar refractivity (Wildman–Crippen MR) is 108 cm³/mol. The molecule has 1 aromatic heterocycles. The maximum atomic E-state index is 13.0. The Hall–Kier alpha value is -3.19. The van der Waals surface area contributed by atoms with Gasteiger partial charge in [-0.1, -0.05) is 18.2 Å². The maximum absolute atomic E-state index is 13.0. The molecule has 0 unspecified atom stereocenters. The summed E-state index contributed by atoms with van der Waals surface area (Å²) < 4.78 is 23.2. The first kappa shape index (κ1) is 19.6. The Labute approximate surface area is 163 Å². The molecule has 0 aliphatic carbocycles. The van der Waals surface area contributed by atoms with Gasteiger partial charge in [0.05, 0.1) is 27.9 Å². The summed E-state index contributed by atoms with van der Waals surface area (Å²) in [6.45, 7) is 1.07. The molecule has 3 rings (SSSR count). The van der Waals surface area contributed by atoms with E-state index in [1.165, 1.54) is 21.3 Å². The second-order valence-corrected chi connectivity index (χ2v) is 6.10. The van der Waals surface area contributed by atoms with Gasteiger partial charge in [-0.05, 0) is 12.1 Å². The number of carbonyl (C=O) groups excluding carboxylic acids is 1. The monoisotopic (exact) mass is 384 g/mol. The molecule has 28 heavy (non-hydrogen) atoms. The van der Waals surface area contributed by atoms with Crippen LogP contribution in [0.3, 0.4) is 0 Å². The lowest BCUT2D eigenvalue weighted by Crippen LogP contribution is -2.18. The molecular weight excluding hydrogens is 360 g/mol. The van der Waals surface area contributed by atoms with E-state index in [-0.39, 0.29) is 5.91 Å². The number of nitrogens with zero attached hydrogens (tertiary/aromatic N) is 1. The van der Waals surface area contributed by atoms with Crippen molar-refractivity contribution in [1.29, 1.82) is 0 Å². The molecule has 7 nitrogen and oxygen atoms in total. The van der Waals surface area contributed by atoms with E-state index in [2.05, 4.69) is 5.32 Å². The molecule has 1 heterocycles. The number of ether oxygens (including phenoxy) is 4. The first-order chi connectivity index (χ1) is 13.6. The van der Waals surface area contributed by atoms with Gasteiger partial charge in [-0.2, -0.15) is 0 Å². The zero-order valence-electron chi connectivity index (χ0n) is 16.4. The third-order valence-electron chi connectivity index (χ3n) is 4.48. The van der Waals surface area contributed by atoms with Gasteiger partial charge in [0.2, 0.25) is 5.75 Å². The number of hydrogen-bond donors (Lipinski definition) is 1. The van der Waals surface area contributed by atoms with Gasteiger partial charge in [0.15, 0.2) is 11.5 Å². The fraction of sp³-hybridized carbons (Fsp3) is 0.286. The molecule has 148 valence electrons. The third kappa shape index (κ3) is 3.75. The van der Waals surface area contributed by atoms with Crippen molar-refractivity contribution in [3.8, 4) is 17.2 Å². The van der Waals surface area contributed by atoms with E-state index < -0.39 is 0 Å². The summed E-state index contributed by atoms with van der Waals surface area (Å²) in [6, 6.07) is 13.1. The zero-order chi connectivity index (χ0) is 20.1. The van der Waals surface area contributed by atoms with Crippen LogP contribution in [0.15, 0.2) is 42.5 Å². The highest BCUT2D eigenvalue weighted by Gasteiger charge is 2.18. The van der Waals surface area contributed by atoms with Gasteiger partial charge < -0.3 is 28.8 Å². The lowest BCUT2D eigenvalue weighted by Gasteiger charge is -2.15. The Balaban J connectivity index is 1.97. The van der Waals surface area contributed by atoms with Crippen LogP contribution in [0.2, 0.25) is 0 Å². The van der Waals surface area contributed by atoms with Crippen LogP contribution in [-0.2, 0) is 11.3 Å². The number of carbonyl (C=O) groups is 1. The summed E-state index contributed by atoms with van der Waals surface area (Å²) in [5.41, 5.74) is 2.07. The molecule has 0 aliphatic heterocycles. The van der Waals surface area contributed by atoms with Crippen LogP contribution in [0.1, 0.15) is 10.5 Å². The van der Waals surface area contributed by atoms with Gasteiger partial charge in [-0.25, -0.2) is 0 Å². The first-order valence-electron chi connectivity index (χ1n) is 8.81. The van der Waals surface area contributed by atoms with E-state index in [0.717, 1.165) is 10.9 Å². The molecule has 0 spiro atoms. The van der Waals surface area contributed by atoms with Crippen molar-refractivity contribution in [3.63, 3.8) is 0 Å². The molecule has 3 aromatic rings. The Morgan fingerprint density at radius 1 is 0.964 bits per heavy atom. The molecule has 0 aliphatic rings. The van der Waals surface area contributed by atoms with Crippen LogP contribution < -0.4 is 19.5 Å². The van der Waals surface area contributed by atoms with Crippen LogP contribution in [0.5, 0.6) is 17.2 Å². The maximum Gasteiger partial charge on any atom is 0.272 e. The number of benzene rings is 2. The van der Waals surface area contributed by atoms with E-state index in [4.69, 9.17) is 18.9 Å². The normalized spacial score (nSPS) is 10.7. The summed E-state index contributed by atoms with van der Waals surface area (Å²) in [5.74, 6) is 1.17. The van der Waals surface area contributed by atoms with Crippen molar-refractivity contribution in [1.82, 2.24) is 4.57 Å². The lowest BCUT2D eigenvalue weighted by atomic mass is 10.2. The van der Waals surface area contributed by atoms with Gasteiger partial charge in [0, 0.05) is 42.4 Å². The summed E-state index contributed by atoms with van der Waals surface area (Å²) in [6.07, 6.45) is 0. The molecule has 1 N–H and O–H groups in total. The van der Waals surface area contributed by atoms with Crippen LogP contribution in [0, 0.1) is 0 Å². The number of hydrogen-bond acceptors (Lipinski definition) is 5. The lowest BCUT2D eigenvalue weighted by molar-refractivity contribution is 0.101. The summed E-state index contributed by atoms with van der Waals surface area (Å²) >= 11 is 0. The summed E-state index contributed by atoms with van der Waals surface area (Å²) in [5, 5.41) is 3.91. The molecule has 0 radical (unpaired) electrons. The minimum absolute atomic E-state index is 0.235. The van der Waals surface area contributed by atoms with Gasteiger partial charge in [0.25, 0.3) is 5.91 Å². The SMILES string of the molecule is COCCn1c(C(=O)Nc2cc(OC)c(OC)c(OC)c2)cc2ccccc21. The molecule has 2 aromatic carbocycles. The fourth-order valence-electron chi connectivity index (χ4n) is 3.17. The van der Waals surface area contributed by atoms with Crippen molar-refractivity contribution >= 4 is 22.5 Å². The highest BCUT2D eigenvalue weighted by atomic mass is 16.5.